The van der Waals surface area contributed by atoms with Gasteiger partial charge in [-0.25, -0.2) is 0 Å². The highest BCUT2D eigenvalue weighted by Crippen LogP contribution is 2.23. The molecule has 1 fully saturated rings. The Morgan fingerprint density at radius 3 is 1.11 bits per heavy atom. The SMILES string of the molecule is CCCCCCCCCCCCCC/C=C/[C@@H](O)[C@H](CO[C@@H]1O[C@H](CO)[C@@H](O)C(O)C1O)NC(=O)CCCCCCCCCCCCCCCCCCCCCCCCCCCCCCCCCCC. The molecule has 0 spiro atoms. The van der Waals surface area contributed by atoms with Crippen LogP contribution in [0.3, 0.4) is 0 Å². The first kappa shape index (κ1) is 66.9. The maximum absolute atomic E-state index is 13.0. The Kier molecular flexibility index (Phi) is 49.2. The van der Waals surface area contributed by atoms with Crippen LogP contribution in [0, 0.1) is 0 Å². The second-order valence-electron chi connectivity index (χ2n) is 21.9. The highest BCUT2D eigenvalue weighted by Gasteiger charge is 2.44. The van der Waals surface area contributed by atoms with E-state index < -0.39 is 49.5 Å². The maximum Gasteiger partial charge on any atom is 0.220 e. The van der Waals surface area contributed by atoms with E-state index in [1.807, 2.05) is 6.08 Å². The monoisotopic (exact) mass is 994 g/mol. The summed E-state index contributed by atoms with van der Waals surface area (Å²) in [5.74, 6) is -0.170. The van der Waals surface area contributed by atoms with Crippen LogP contribution in [0.15, 0.2) is 12.2 Å². The molecule has 0 aliphatic carbocycles. The fourth-order valence-corrected chi connectivity index (χ4v) is 10.2. The van der Waals surface area contributed by atoms with E-state index in [9.17, 15) is 30.3 Å². The largest absolute Gasteiger partial charge is 0.394 e. The second kappa shape index (κ2) is 51.4. The molecule has 2 unspecified atom stereocenters. The van der Waals surface area contributed by atoms with Gasteiger partial charge in [-0.3, -0.25) is 4.79 Å². The van der Waals surface area contributed by atoms with Crippen molar-refractivity contribution >= 4 is 5.91 Å². The number of aliphatic hydroxyl groups excluding tert-OH is 5. The number of amides is 1. The van der Waals surface area contributed by atoms with Gasteiger partial charge in [0.25, 0.3) is 0 Å². The average molecular weight is 995 g/mol. The molecule has 9 heteroatoms. The quantitative estimate of drug-likeness (QED) is 0.0261. The molecule has 1 heterocycles. The van der Waals surface area contributed by atoms with E-state index in [2.05, 4.69) is 19.2 Å². The Balaban J connectivity index is 2.08. The average Bonchev–Trinajstić information content (AvgIpc) is 3.36. The molecular formula is C61H119NO8. The Bertz CT molecular complexity index is 1110. The first-order valence-electron chi connectivity index (χ1n) is 30.9. The molecule has 9 nitrogen and oxygen atoms in total. The molecule has 1 saturated heterocycles. The second-order valence-corrected chi connectivity index (χ2v) is 21.9. The molecule has 0 aromatic heterocycles. The minimum atomic E-state index is -1.56. The van der Waals surface area contributed by atoms with Gasteiger partial charge in [0.05, 0.1) is 25.4 Å². The highest BCUT2D eigenvalue weighted by atomic mass is 16.7. The lowest BCUT2D eigenvalue weighted by molar-refractivity contribution is -0.302. The van der Waals surface area contributed by atoms with Gasteiger partial charge in [-0.2, -0.15) is 0 Å². The minimum absolute atomic E-state index is 0.170. The van der Waals surface area contributed by atoms with Crippen LogP contribution in [0.25, 0.3) is 0 Å². The standard InChI is InChI=1S/C61H119NO8/c1-3-5-7-9-11-13-15-17-19-20-21-22-23-24-25-26-27-28-29-30-31-32-33-34-35-36-37-39-41-43-45-47-49-51-57(65)62-54(53-69-61-60(68)59(67)58(66)56(52-63)70-61)55(64)50-48-46-44-42-40-38-18-16-14-12-10-8-6-4-2/h48,50,54-56,58-61,63-64,66-68H,3-47,49,51-53H2,1-2H3,(H,62,65)/b50-48+/t54-,55+,56+,58+,59?,60?,61+/m0/s1. The van der Waals surface area contributed by atoms with Gasteiger partial charge in [0.2, 0.25) is 5.91 Å². The Morgan fingerprint density at radius 1 is 0.471 bits per heavy atom. The molecule has 0 saturated carbocycles. The third kappa shape index (κ3) is 40.3. The van der Waals surface area contributed by atoms with Crippen molar-refractivity contribution in [3.05, 3.63) is 12.2 Å². The predicted molar refractivity (Wildman–Crippen MR) is 295 cm³/mol. The number of hydrogen-bond donors (Lipinski definition) is 6. The molecule has 6 N–H and O–H groups in total. The van der Waals surface area contributed by atoms with Gasteiger partial charge in [-0.15, -0.1) is 0 Å². The number of carbonyl (C=O) groups is 1. The van der Waals surface area contributed by atoms with Crippen molar-refractivity contribution in [2.24, 2.45) is 0 Å². The zero-order chi connectivity index (χ0) is 50.8. The summed E-state index contributed by atoms with van der Waals surface area (Å²) in [6.45, 7) is 3.81. The molecule has 7 atom stereocenters. The fraction of sp³-hybridized carbons (Fsp3) is 0.951. The molecule has 1 aliphatic heterocycles. The van der Waals surface area contributed by atoms with Gasteiger partial charge in [0.15, 0.2) is 6.29 Å². The van der Waals surface area contributed by atoms with E-state index in [-0.39, 0.29) is 12.5 Å². The van der Waals surface area contributed by atoms with Crippen LogP contribution in [-0.4, -0.2) is 87.5 Å². The van der Waals surface area contributed by atoms with Gasteiger partial charge in [0.1, 0.15) is 24.4 Å². The number of carbonyl (C=O) groups excluding carboxylic acids is 1. The van der Waals surface area contributed by atoms with E-state index in [0.717, 1.165) is 38.5 Å². The van der Waals surface area contributed by atoms with E-state index >= 15 is 0 Å². The number of unbranched alkanes of at least 4 members (excludes halogenated alkanes) is 44. The smallest absolute Gasteiger partial charge is 0.220 e. The topological polar surface area (TPSA) is 149 Å². The highest BCUT2D eigenvalue weighted by molar-refractivity contribution is 5.76. The van der Waals surface area contributed by atoms with Crippen molar-refractivity contribution in [1.29, 1.82) is 0 Å². The first-order valence-corrected chi connectivity index (χ1v) is 30.9. The molecule has 70 heavy (non-hydrogen) atoms. The Hall–Kier alpha value is -1.07. The summed E-state index contributed by atoms with van der Waals surface area (Å²) in [5, 5.41) is 54.5. The summed E-state index contributed by atoms with van der Waals surface area (Å²) >= 11 is 0. The molecule has 0 radical (unpaired) electrons. The summed E-state index contributed by atoms with van der Waals surface area (Å²) in [5.41, 5.74) is 0. The number of aliphatic hydroxyl groups is 5. The minimum Gasteiger partial charge on any atom is -0.394 e. The summed E-state index contributed by atoms with van der Waals surface area (Å²) in [6.07, 6.45) is 57.4. The number of nitrogens with one attached hydrogen (secondary N) is 1. The molecule has 416 valence electrons. The van der Waals surface area contributed by atoms with Crippen molar-refractivity contribution < 1.29 is 39.8 Å². The predicted octanol–water partition coefficient (Wildman–Crippen LogP) is 15.6. The Morgan fingerprint density at radius 2 is 0.786 bits per heavy atom. The van der Waals surface area contributed by atoms with Crippen LogP contribution in [0.2, 0.25) is 0 Å². The molecule has 1 rings (SSSR count). The number of hydrogen-bond acceptors (Lipinski definition) is 8. The molecule has 0 aromatic rings. The van der Waals surface area contributed by atoms with Crippen molar-refractivity contribution in [2.45, 2.75) is 358 Å². The number of ether oxygens (including phenoxy) is 2. The summed E-state index contributed by atoms with van der Waals surface area (Å²) in [7, 11) is 0. The molecule has 1 amide bonds. The third-order valence-corrected chi connectivity index (χ3v) is 15.1. The molecule has 1 aliphatic rings. The van der Waals surface area contributed by atoms with Crippen LogP contribution in [0.4, 0.5) is 0 Å². The van der Waals surface area contributed by atoms with E-state index in [1.54, 1.807) is 6.08 Å². The van der Waals surface area contributed by atoms with Crippen LogP contribution in [0.1, 0.15) is 316 Å². The van der Waals surface area contributed by atoms with Crippen LogP contribution < -0.4 is 5.32 Å². The fourth-order valence-electron chi connectivity index (χ4n) is 10.2. The lowest BCUT2D eigenvalue weighted by Crippen LogP contribution is -2.60. The summed E-state index contributed by atoms with van der Waals surface area (Å²) < 4.78 is 11.3. The molecule has 0 aromatic carbocycles. The van der Waals surface area contributed by atoms with Gasteiger partial charge < -0.3 is 40.3 Å². The van der Waals surface area contributed by atoms with Crippen molar-refractivity contribution in [3.8, 4) is 0 Å². The van der Waals surface area contributed by atoms with Gasteiger partial charge >= 0.3 is 0 Å². The number of rotatable bonds is 54. The van der Waals surface area contributed by atoms with Crippen LogP contribution in [-0.2, 0) is 14.3 Å². The first-order chi connectivity index (χ1) is 34.3. The van der Waals surface area contributed by atoms with E-state index in [1.165, 1.54) is 257 Å². The van der Waals surface area contributed by atoms with Gasteiger partial charge in [-0.1, -0.05) is 302 Å². The lowest BCUT2D eigenvalue weighted by atomic mass is 9.99. The van der Waals surface area contributed by atoms with Crippen molar-refractivity contribution in [3.63, 3.8) is 0 Å². The normalized spacial score (nSPS) is 19.3. The summed E-state index contributed by atoms with van der Waals surface area (Å²) in [6, 6.07) is -0.800. The summed E-state index contributed by atoms with van der Waals surface area (Å²) in [4.78, 5) is 13.0. The van der Waals surface area contributed by atoms with E-state index in [0.29, 0.717) is 6.42 Å². The zero-order valence-corrected chi connectivity index (χ0v) is 46.3. The molecule has 0 bridgehead atoms. The van der Waals surface area contributed by atoms with Gasteiger partial charge in [-0.05, 0) is 19.3 Å². The Labute approximate surface area is 433 Å². The van der Waals surface area contributed by atoms with Gasteiger partial charge in [0, 0.05) is 6.42 Å². The van der Waals surface area contributed by atoms with Crippen molar-refractivity contribution in [2.75, 3.05) is 13.2 Å². The molecular weight excluding hydrogens is 875 g/mol. The maximum atomic E-state index is 13.0. The van der Waals surface area contributed by atoms with Crippen molar-refractivity contribution in [1.82, 2.24) is 5.32 Å². The van der Waals surface area contributed by atoms with Crippen LogP contribution >= 0.6 is 0 Å². The van der Waals surface area contributed by atoms with Crippen LogP contribution in [0.5, 0.6) is 0 Å². The number of allylic oxidation sites excluding steroid dienone is 1. The zero-order valence-electron chi connectivity index (χ0n) is 46.3. The van der Waals surface area contributed by atoms with E-state index in [4.69, 9.17) is 9.47 Å². The third-order valence-electron chi connectivity index (χ3n) is 15.1. The lowest BCUT2D eigenvalue weighted by Gasteiger charge is -2.40.